The van der Waals surface area contributed by atoms with Gasteiger partial charge in [0.2, 0.25) is 0 Å². The number of thioether (sulfide) groups is 1. The maximum atomic E-state index is 12.7. The molecular weight excluding hydrogens is 278 g/mol. The van der Waals surface area contributed by atoms with E-state index in [1.165, 1.54) is 6.42 Å². The third-order valence-electron chi connectivity index (χ3n) is 4.37. The lowest BCUT2D eigenvalue weighted by molar-refractivity contribution is 0.251. The number of nitrogens with two attached hydrogens (primary N) is 1. The Hall–Kier alpha value is -0.810. The summed E-state index contributed by atoms with van der Waals surface area (Å²) < 4.78 is 25.5. The smallest absolute Gasteiger partial charge is 0.288 e. The van der Waals surface area contributed by atoms with E-state index in [2.05, 4.69) is 4.90 Å². The molecule has 0 saturated carbocycles. The summed E-state index contributed by atoms with van der Waals surface area (Å²) >= 11 is 0.652. The first kappa shape index (κ1) is 14.1. The van der Waals surface area contributed by atoms with Crippen LogP contribution in [0, 0.1) is 0 Å². The van der Waals surface area contributed by atoms with Crippen LogP contribution in [0.3, 0.4) is 0 Å². The van der Waals surface area contributed by atoms with Gasteiger partial charge >= 0.3 is 0 Å². The van der Waals surface area contributed by atoms with Gasteiger partial charge in [-0.25, -0.2) is 0 Å². The summed E-state index contributed by atoms with van der Waals surface area (Å²) in [5, 5.41) is 0. The highest BCUT2D eigenvalue weighted by Crippen LogP contribution is 2.42. The van der Waals surface area contributed by atoms with E-state index in [-0.39, 0.29) is 6.04 Å². The summed E-state index contributed by atoms with van der Waals surface area (Å²) in [6, 6.07) is 8.64. The van der Waals surface area contributed by atoms with Gasteiger partial charge in [-0.2, -0.15) is 8.78 Å². The SMILES string of the molecule is NC1CC2CCCC(C1)N2c1ccccc1SC(F)F. The molecule has 3 rings (SSSR count). The van der Waals surface area contributed by atoms with E-state index in [1.54, 1.807) is 6.07 Å². The monoisotopic (exact) mass is 298 g/mol. The van der Waals surface area contributed by atoms with Crippen LogP contribution in [0.4, 0.5) is 14.5 Å². The van der Waals surface area contributed by atoms with Crippen LogP contribution in [0.2, 0.25) is 0 Å². The lowest BCUT2D eigenvalue weighted by atomic mass is 9.81. The molecule has 0 aromatic heterocycles. The highest BCUT2D eigenvalue weighted by Gasteiger charge is 2.38. The van der Waals surface area contributed by atoms with Crippen LogP contribution in [0.5, 0.6) is 0 Å². The average molecular weight is 298 g/mol. The van der Waals surface area contributed by atoms with Crippen molar-refractivity contribution in [3.8, 4) is 0 Å². The van der Waals surface area contributed by atoms with Crippen LogP contribution in [0.1, 0.15) is 32.1 Å². The number of rotatable bonds is 3. The number of hydrogen-bond acceptors (Lipinski definition) is 3. The lowest BCUT2D eigenvalue weighted by Crippen LogP contribution is -2.55. The average Bonchev–Trinajstić information content (AvgIpc) is 2.38. The van der Waals surface area contributed by atoms with Crippen LogP contribution in [0.15, 0.2) is 29.2 Å². The molecule has 0 radical (unpaired) electrons. The molecule has 2 fully saturated rings. The first-order valence-corrected chi connectivity index (χ1v) is 8.11. The van der Waals surface area contributed by atoms with Crippen LogP contribution in [-0.2, 0) is 0 Å². The van der Waals surface area contributed by atoms with Crippen LogP contribution in [0.25, 0.3) is 0 Å². The summed E-state index contributed by atoms with van der Waals surface area (Å²) in [4.78, 5) is 3.06. The fraction of sp³-hybridized carbons (Fsp3) is 0.600. The molecule has 1 aromatic carbocycles. The molecule has 20 heavy (non-hydrogen) atoms. The van der Waals surface area contributed by atoms with Crippen LogP contribution in [-0.4, -0.2) is 23.9 Å². The molecule has 2 N–H and O–H groups in total. The number of halogens is 2. The predicted molar refractivity (Wildman–Crippen MR) is 79.4 cm³/mol. The molecule has 2 nitrogen and oxygen atoms in total. The molecule has 2 heterocycles. The van der Waals surface area contributed by atoms with Gasteiger partial charge in [-0.3, -0.25) is 0 Å². The Morgan fingerprint density at radius 3 is 2.45 bits per heavy atom. The number of alkyl halides is 2. The second-order valence-corrected chi connectivity index (χ2v) is 6.76. The fourth-order valence-corrected chi connectivity index (χ4v) is 4.33. The molecule has 2 saturated heterocycles. The number of nitrogens with zero attached hydrogens (tertiary/aromatic N) is 1. The second kappa shape index (κ2) is 5.90. The van der Waals surface area contributed by atoms with Crippen molar-refractivity contribution < 1.29 is 8.78 Å². The third kappa shape index (κ3) is 2.79. The summed E-state index contributed by atoms with van der Waals surface area (Å²) in [7, 11) is 0. The van der Waals surface area contributed by atoms with Crippen molar-refractivity contribution in [2.75, 3.05) is 4.90 Å². The van der Waals surface area contributed by atoms with Gasteiger partial charge in [0.25, 0.3) is 5.76 Å². The number of hydrogen-bond donors (Lipinski definition) is 1. The van der Waals surface area contributed by atoms with Gasteiger partial charge in [-0.15, -0.1) is 0 Å². The minimum absolute atomic E-state index is 0.261. The normalized spacial score (nSPS) is 29.8. The summed E-state index contributed by atoms with van der Waals surface area (Å²) in [5.74, 6) is -2.37. The number of anilines is 1. The van der Waals surface area contributed by atoms with E-state index in [0.29, 0.717) is 28.7 Å². The van der Waals surface area contributed by atoms with Crippen molar-refractivity contribution in [2.45, 2.75) is 60.9 Å². The lowest BCUT2D eigenvalue weighted by Gasteiger charge is -2.50. The van der Waals surface area contributed by atoms with Gasteiger partial charge in [-0.1, -0.05) is 23.9 Å². The zero-order chi connectivity index (χ0) is 14.1. The summed E-state index contributed by atoms with van der Waals surface area (Å²) in [6.45, 7) is 0. The molecule has 0 aliphatic carbocycles. The molecule has 110 valence electrons. The van der Waals surface area contributed by atoms with Crippen molar-refractivity contribution in [2.24, 2.45) is 5.73 Å². The number of benzene rings is 1. The molecule has 0 spiro atoms. The van der Waals surface area contributed by atoms with E-state index in [1.807, 2.05) is 18.2 Å². The highest BCUT2D eigenvalue weighted by molar-refractivity contribution is 7.99. The van der Waals surface area contributed by atoms with Crippen molar-refractivity contribution in [3.63, 3.8) is 0 Å². The topological polar surface area (TPSA) is 29.3 Å². The Kier molecular flexibility index (Phi) is 4.17. The molecule has 1 aromatic rings. The predicted octanol–water partition coefficient (Wildman–Crippen LogP) is 3.85. The van der Waals surface area contributed by atoms with Crippen molar-refractivity contribution in [1.29, 1.82) is 0 Å². The molecule has 2 atom stereocenters. The van der Waals surface area contributed by atoms with E-state index in [4.69, 9.17) is 5.73 Å². The summed E-state index contributed by atoms with van der Waals surface area (Å²) in [5.41, 5.74) is 7.10. The first-order chi connectivity index (χ1) is 9.65. The molecule has 5 heteroatoms. The van der Waals surface area contributed by atoms with Crippen LogP contribution >= 0.6 is 11.8 Å². The molecule has 2 unspecified atom stereocenters. The number of para-hydroxylation sites is 1. The fourth-order valence-electron chi connectivity index (χ4n) is 3.68. The largest absolute Gasteiger partial charge is 0.365 e. The Balaban J connectivity index is 1.92. The zero-order valence-electron chi connectivity index (χ0n) is 11.3. The standard InChI is InChI=1S/C15H20F2N2S/c16-15(17)20-14-7-2-1-6-13(14)19-11-4-3-5-12(19)9-10(18)8-11/h1-2,6-7,10-12,15H,3-5,8-9,18H2. The second-order valence-electron chi connectivity index (χ2n) is 5.72. The Bertz CT molecular complexity index is 455. The maximum absolute atomic E-state index is 12.7. The van der Waals surface area contributed by atoms with Gasteiger partial charge in [-0.05, 0) is 44.2 Å². The molecule has 2 bridgehead atoms. The molecule has 0 amide bonds. The zero-order valence-corrected chi connectivity index (χ0v) is 12.2. The molecular formula is C15H20F2N2S. The minimum atomic E-state index is -2.37. The van der Waals surface area contributed by atoms with E-state index in [0.717, 1.165) is 31.4 Å². The first-order valence-electron chi connectivity index (χ1n) is 7.23. The van der Waals surface area contributed by atoms with Crippen molar-refractivity contribution in [3.05, 3.63) is 24.3 Å². The van der Waals surface area contributed by atoms with Gasteiger partial charge in [0, 0.05) is 23.0 Å². The van der Waals surface area contributed by atoms with Crippen molar-refractivity contribution in [1.82, 2.24) is 0 Å². The van der Waals surface area contributed by atoms with E-state index >= 15 is 0 Å². The van der Waals surface area contributed by atoms with Gasteiger partial charge in [0.1, 0.15) is 0 Å². The quantitative estimate of drug-likeness (QED) is 0.859. The number of piperidine rings is 2. The minimum Gasteiger partial charge on any atom is -0.365 e. The molecule has 2 aliphatic rings. The van der Waals surface area contributed by atoms with E-state index in [9.17, 15) is 8.78 Å². The van der Waals surface area contributed by atoms with Crippen molar-refractivity contribution >= 4 is 17.4 Å². The van der Waals surface area contributed by atoms with Gasteiger partial charge < -0.3 is 10.6 Å². The Morgan fingerprint density at radius 1 is 1.15 bits per heavy atom. The van der Waals surface area contributed by atoms with E-state index < -0.39 is 5.76 Å². The summed E-state index contributed by atoms with van der Waals surface area (Å²) in [6.07, 6.45) is 5.42. The Morgan fingerprint density at radius 2 is 1.80 bits per heavy atom. The highest BCUT2D eigenvalue weighted by atomic mass is 32.2. The maximum Gasteiger partial charge on any atom is 0.288 e. The van der Waals surface area contributed by atoms with Gasteiger partial charge in [0.15, 0.2) is 0 Å². The van der Waals surface area contributed by atoms with Gasteiger partial charge in [0.05, 0.1) is 5.69 Å². The van der Waals surface area contributed by atoms with Crippen LogP contribution < -0.4 is 10.6 Å². The Labute approximate surface area is 122 Å². The molecule has 2 aliphatic heterocycles. The number of fused-ring (bicyclic) bond motifs is 2. The third-order valence-corrected chi connectivity index (χ3v) is 5.15.